The van der Waals surface area contributed by atoms with Gasteiger partial charge in [0.25, 0.3) is 11.5 Å². The molecule has 31 heavy (non-hydrogen) atoms. The van der Waals surface area contributed by atoms with Crippen LogP contribution in [-0.4, -0.2) is 28.0 Å². The van der Waals surface area contributed by atoms with Crippen molar-refractivity contribution in [3.8, 4) is 0 Å². The summed E-state index contributed by atoms with van der Waals surface area (Å²) in [6, 6.07) is 12.8. The number of unbranched alkanes of at least 4 members (excludes halogenated alkanes) is 1. The number of nitrogens with one attached hydrogen (secondary N) is 1. The molecule has 1 heterocycles. The molecule has 0 spiro atoms. The van der Waals surface area contributed by atoms with E-state index in [1.165, 1.54) is 18.2 Å². The number of anilines is 1. The van der Waals surface area contributed by atoms with Crippen LogP contribution in [0.3, 0.4) is 0 Å². The third-order valence-corrected chi connectivity index (χ3v) is 4.69. The molecular weight excluding hydrogens is 401 g/mol. The van der Waals surface area contributed by atoms with Gasteiger partial charge in [0.05, 0.1) is 17.5 Å². The van der Waals surface area contributed by atoms with Crippen LogP contribution in [0.5, 0.6) is 0 Å². The molecule has 0 aliphatic rings. The predicted molar refractivity (Wildman–Crippen MR) is 115 cm³/mol. The fourth-order valence-corrected chi connectivity index (χ4v) is 3.15. The fourth-order valence-electron chi connectivity index (χ4n) is 3.15. The van der Waals surface area contributed by atoms with Crippen molar-refractivity contribution in [1.82, 2.24) is 9.55 Å². The maximum atomic E-state index is 13.2. The summed E-state index contributed by atoms with van der Waals surface area (Å²) in [5.41, 5.74) is 1.80. The van der Waals surface area contributed by atoms with Crippen molar-refractivity contribution < 1.29 is 18.7 Å². The van der Waals surface area contributed by atoms with Gasteiger partial charge in [-0.25, -0.2) is 9.37 Å². The Bertz CT molecular complexity index is 1140. The first-order valence-electron chi connectivity index (χ1n) is 10.2. The Morgan fingerprint density at radius 2 is 1.97 bits per heavy atom. The maximum absolute atomic E-state index is 13.2. The highest BCUT2D eigenvalue weighted by atomic mass is 19.1. The highest BCUT2D eigenvalue weighted by Crippen LogP contribution is 2.12. The minimum atomic E-state index is -0.621. The average molecular weight is 425 g/mol. The predicted octanol–water partition coefficient (Wildman–Crippen LogP) is 3.45. The maximum Gasteiger partial charge on any atom is 0.306 e. The summed E-state index contributed by atoms with van der Waals surface area (Å²) in [7, 11) is 0. The van der Waals surface area contributed by atoms with Crippen LogP contribution in [0.25, 0.3) is 11.0 Å². The molecule has 0 radical (unpaired) electrons. The summed E-state index contributed by atoms with van der Waals surface area (Å²) in [6.07, 6.45) is 1.83. The van der Waals surface area contributed by atoms with Gasteiger partial charge in [-0.1, -0.05) is 31.5 Å². The molecule has 0 fully saturated rings. The monoisotopic (exact) mass is 425 g/mol. The van der Waals surface area contributed by atoms with Crippen LogP contribution in [0, 0.1) is 5.82 Å². The number of halogens is 1. The number of hydrogen-bond donors (Lipinski definition) is 1. The Labute approximate surface area is 178 Å². The van der Waals surface area contributed by atoms with E-state index in [-0.39, 0.29) is 29.8 Å². The standard InChI is InChI=1S/C23H24FN3O4/c1-2-3-13-27-20-10-5-4-9-18(20)26-19(23(27)30)11-12-22(29)31-15-21(28)25-17-8-6-7-16(24)14-17/h4-10,14H,2-3,11-13,15H2,1H3,(H,25,28). The first-order chi connectivity index (χ1) is 15.0. The normalized spacial score (nSPS) is 10.8. The zero-order valence-corrected chi connectivity index (χ0v) is 17.3. The molecule has 1 amide bonds. The Hall–Kier alpha value is -3.55. The molecule has 3 aromatic rings. The van der Waals surface area contributed by atoms with Gasteiger partial charge in [0.2, 0.25) is 0 Å². The number of hydrogen-bond acceptors (Lipinski definition) is 5. The molecule has 7 nitrogen and oxygen atoms in total. The van der Waals surface area contributed by atoms with Crippen molar-refractivity contribution in [3.05, 3.63) is 70.4 Å². The molecule has 0 atom stereocenters. The molecule has 3 rings (SSSR count). The second-order valence-electron chi connectivity index (χ2n) is 7.08. The number of carbonyl (C=O) groups excluding carboxylic acids is 2. The number of rotatable bonds is 9. The van der Waals surface area contributed by atoms with Crippen LogP contribution >= 0.6 is 0 Å². The van der Waals surface area contributed by atoms with E-state index in [0.29, 0.717) is 12.1 Å². The summed E-state index contributed by atoms with van der Waals surface area (Å²) in [5.74, 6) is -1.68. The van der Waals surface area contributed by atoms with Gasteiger partial charge in [0.15, 0.2) is 6.61 Å². The highest BCUT2D eigenvalue weighted by Gasteiger charge is 2.14. The highest BCUT2D eigenvalue weighted by molar-refractivity contribution is 5.92. The summed E-state index contributed by atoms with van der Waals surface area (Å²) in [6.45, 7) is 2.13. The molecule has 2 aromatic carbocycles. The Kier molecular flexibility index (Phi) is 7.48. The average Bonchev–Trinajstić information content (AvgIpc) is 2.76. The summed E-state index contributed by atoms with van der Waals surface area (Å²) >= 11 is 0. The van der Waals surface area contributed by atoms with Crippen LogP contribution in [0.2, 0.25) is 0 Å². The quantitative estimate of drug-likeness (QED) is 0.531. The fraction of sp³-hybridized carbons (Fsp3) is 0.304. The number of para-hydroxylation sites is 2. The zero-order valence-electron chi connectivity index (χ0n) is 17.3. The Balaban J connectivity index is 1.60. The minimum Gasteiger partial charge on any atom is -0.456 e. The van der Waals surface area contributed by atoms with Gasteiger partial charge >= 0.3 is 5.97 Å². The van der Waals surface area contributed by atoms with Crippen LogP contribution in [-0.2, 0) is 27.3 Å². The first-order valence-corrected chi connectivity index (χ1v) is 10.2. The summed E-state index contributed by atoms with van der Waals surface area (Å²) in [5, 5.41) is 2.45. The van der Waals surface area contributed by atoms with Crippen LogP contribution in [0.4, 0.5) is 10.1 Å². The second kappa shape index (κ2) is 10.5. The number of aryl methyl sites for hydroxylation is 2. The first kappa shape index (κ1) is 22.1. The molecule has 162 valence electrons. The third kappa shape index (κ3) is 5.97. The van der Waals surface area contributed by atoms with E-state index in [9.17, 15) is 18.8 Å². The van der Waals surface area contributed by atoms with Gasteiger partial charge in [-0.3, -0.25) is 14.4 Å². The van der Waals surface area contributed by atoms with Crippen molar-refractivity contribution in [2.75, 3.05) is 11.9 Å². The lowest BCUT2D eigenvalue weighted by atomic mass is 10.2. The smallest absolute Gasteiger partial charge is 0.306 e. The molecule has 1 aromatic heterocycles. The number of ether oxygens (including phenoxy) is 1. The minimum absolute atomic E-state index is 0.0817. The second-order valence-corrected chi connectivity index (χ2v) is 7.08. The summed E-state index contributed by atoms with van der Waals surface area (Å²) in [4.78, 5) is 41.2. The molecular formula is C23H24FN3O4. The third-order valence-electron chi connectivity index (χ3n) is 4.69. The van der Waals surface area contributed by atoms with Gasteiger partial charge in [0, 0.05) is 18.7 Å². The van der Waals surface area contributed by atoms with Crippen molar-refractivity contribution >= 4 is 28.6 Å². The molecule has 1 N–H and O–H groups in total. The van der Waals surface area contributed by atoms with Crippen molar-refractivity contribution in [2.24, 2.45) is 0 Å². The lowest BCUT2D eigenvalue weighted by molar-refractivity contribution is -0.147. The lowest BCUT2D eigenvalue weighted by Crippen LogP contribution is -2.27. The molecule has 0 bridgehead atoms. The number of nitrogens with zero attached hydrogens (tertiary/aromatic N) is 2. The van der Waals surface area contributed by atoms with Crippen LogP contribution in [0.15, 0.2) is 53.3 Å². The van der Waals surface area contributed by atoms with Gasteiger partial charge in [-0.05, 0) is 36.8 Å². The van der Waals surface area contributed by atoms with E-state index < -0.39 is 24.3 Å². The molecule has 0 aliphatic heterocycles. The number of esters is 1. The summed E-state index contributed by atoms with van der Waals surface area (Å²) < 4.78 is 19.8. The van der Waals surface area contributed by atoms with Gasteiger partial charge in [-0.2, -0.15) is 0 Å². The topological polar surface area (TPSA) is 90.3 Å². The molecule has 0 unspecified atom stereocenters. The van der Waals surface area contributed by atoms with Crippen LogP contribution in [0.1, 0.15) is 31.9 Å². The van der Waals surface area contributed by atoms with Gasteiger partial charge < -0.3 is 14.6 Å². The van der Waals surface area contributed by atoms with Crippen molar-refractivity contribution in [2.45, 2.75) is 39.2 Å². The molecule has 8 heteroatoms. The van der Waals surface area contributed by atoms with Crippen molar-refractivity contribution in [1.29, 1.82) is 0 Å². The van der Waals surface area contributed by atoms with Gasteiger partial charge in [0.1, 0.15) is 11.5 Å². The van der Waals surface area contributed by atoms with E-state index in [2.05, 4.69) is 17.2 Å². The number of amides is 1. The number of benzene rings is 2. The van der Waals surface area contributed by atoms with Gasteiger partial charge in [-0.15, -0.1) is 0 Å². The van der Waals surface area contributed by atoms with Crippen LogP contribution < -0.4 is 10.9 Å². The largest absolute Gasteiger partial charge is 0.456 e. The Morgan fingerprint density at radius 3 is 2.74 bits per heavy atom. The SMILES string of the molecule is CCCCn1c(=O)c(CCC(=O)OCC(=O)Nc2cccc(F)c2)nc2ccccc21. The number of carbonyl (C=O) groups is 2. The zero-order chi connectivity index (χ0) is 22.2. The van der Waals surface area contributed by atoms with E-state index in [1.807, 2.05) is 24.3 Å². The van der Waals surface area contributed by atoms with E-state index in [4.69, 9.17) is 4.74 Å². The number of aromatic nitrogens is 2. The Morgan fingerprint density at radius 1 is 1.16 bits per heavy atom. The molecule has 0 saturated carbocycles. The van der Waals surface area contributed by atoms with E-state index in [1.54, 1.807) is 4.57 Å². The van der Waals surface area contributed by atoms with E-state index >= 15 is 0 Å². The lowest BCUT2D eigenvalue weighted by Gasteiger charge is -2.12. The number of fused-ring (bicyclic) bond motifs is 1. The molecule has 0 saturated heterocycles. The molecule has 0 aliphatic carbocycles. The van der Waals surface area contributed by atoms with Crippen molar-refractivity contribution in [3.63, 3.8) is 0 Å². The van der Waals surface area contributed by atoms with E-state index in [0.717, 1.165) is 24.4 Å².